The second-order valence-corrected chi connectivity index (χ2v) is 6.18. The van der Waals surface area contributed by atoms with Crippen LogP contribution in [0.3, 0.4) is 0 Å². The second kappa shape index (κ2) is 4.53. The Balaban J connectivity index is 2.09. The number of hydrogen-bond donors (Lipinski definition) is 2. The molecule has 0 bridgehead atoms. The van der Waals surface area contributed by atoms with Gasteiger partial charge in [-0.2, -0.15) is 0 Å². The first kappa shape index (κ1) is 13.3. The van der Waals surface area contributed by atoms with E-state index in [0.717, 1.165) is 19.4 Å². The summed E-state index contributed by atoms with van der Waals surface area (Å²) in [5.74, 6) is -0.686. The molecule has 102 valence electrons. The lowest BCUT2D eigenvalue weighted by Crippen LogP contribution is -2.52. The van der Waals surface area contributed by atoms with Crippen molar-refractivity contribution in [2.24, 2.45) is 10.8 Å². The Labute approximate surface area is 108 Å². The summed E-state index contributed by atoms with van der Waals surface area (Å²) in [4.78, 5) is 25.6. The largest absolute Gasteiger partial charge is 0.481 e. The van der Waals surface area contributed by atoms with Gasteiger partial charge in [0.1, 0.15) is 0 Å². The highest BCUT2D eigenvalue weighted by Crippen LogP contribution is 2.34. The van der Waals surface area contributed by atoms with Crippen LogP contribution in [0.4, 0.5) is 0 Å². The van der Waals surface area contributed by atoms with Gasteiger partial charge in [-0.3, -0.25) is 9.59 Å². The maximum Gasteiger partial charge on any atom is 0.311 e. The standard InChI is InChI=1S/C13H22N2O3/c1-12(5-6-14-8-12)10(16)15-7-3-4-13(2,9-15)11(17)18/h14H,3-9H2,1-2H3,(H,17,18). The number of likely N-dealkylation sites (tertiary alicyclic amines) is 1. The molecule has 2 rings (SSSR count). The molecule has 2 fully saturated rings. The van der Waals surface area contributed by atoms with Crippen molar-refractivity contribution in [1.82, 2.24) is 10.2 Å². The third-order valence-corrected chi connectivity index (χ3v) is 4.38. The van der Waals surface area contributed by atoms with Gasteiger partial charge in [0.2, 0.25) is 5.91 Å². The van der Waals surface area contributed by atoms with E-state index in [0.29, 0.717) is 26.1 Å². The molecule has 1 amide bonds. The summed E-state index contributed by atoms with van der Waals surface area (Å²) in [6.07, 6.45) is 2.27. The van der Waals surface area contributed by atoms with Crippen molar-refractivity contribution in [3.05, 3.63) is 0 Å². The fourth-order valence-corrected chi connectivity index (χ4v) is 2.97. The molecule has 0 aliphatic carbocycles. The lowest BCUT2D eigenvalue weighted by Gasteiger charge is -2.40. The molecule has 2 saturated heterocycles. The van der Waals surface area contributed by atoms with Crippen LogP contribution < -0.4 is 5.32 Å². The Morgan fingerprint density at radius 1 is 1.22 bits per heavy atom. The summed E-state index contributed by atoms with van der Waals surface area (Å²) < 4.78 is 0. The number of hydrogen-bond acceptors (Lipinski definition) is 3. The van der Waals surface area contributed by atoms with Crippen LogP contribution in [0.2, 0.25) is 0 Å². The summed E-state index contributed by atoms with van der Waals surface area (Å²) in [7, 11) is 0. The first-order chi connectivity index (χ1) is 8.37. The summed E-state index contributed by atoms with van der Waals surface area (Å²) in [5, 5.41) is 12.5. The fourth-order valence-electron chi connectivity index (χ4n) is 2.97. The fraction of sp³-hybridized carbons (Fsp3) is 0.846. The minimum Gasteiger partial charge on any atom is -0.481 e. The molecule has 2 N–H and O–H groups in total. The zero-order valence-corrected chi connectivity index (χ0v) is 11.2. The number of nitrogens with one attached hydrogen (secondary N) is 1. The van der Waals surface area contributed by atoms with Gasteiger partial charge in [-0.25, -0.2) is 0 Å². The molecule has 2 atom stereocenters. The number of rotatable bonds is 2. The molecule has 0 saturated carbocycles. The minimum atomic E-state index is -0.797. The summed E-state index contributed by atoms with van der Waals surface area (Å²) in [6.45, 7) is 6.32. The number of carboxylic acid groups (broad SMARTS) is 1. The zero-order chi connectivity index (χ0) is 13.4. The molecule has 0 spiro atoms. The van der Waals surface area contributed by atoms with Gasteiger partial charge in [0.25, 0.3) is 0 Å². The third kappa shape index (κ3) is 2.23. The van der Waals surface area contributed by atoms with E-state index in [1.54, 1.807) is 11.8 Å². The number of amides is 1. The lowest BCUT2D eigenvalue weighted by molar-refractivity contribution is -0.155. The number of aliphatic carboxylic acids is 1. The van der Waals surface area contributed by atoms with Crippen molar-refractivity contribution in [3.63, 3.8) is 0 Å². The van der Waals surface area contributed by atoms with E-state index >= 15 is 0 Å². The molecule has 0 aromatic heterocycles. The highest BCUT2D eigenvalue weighted by molar-refractivity contribution is 5.84. The summed E-state index contributed by atoms with van der Waals surface area (Å²) >= 11 is 0. The van der Waals surface area contributed by atoms with Crippen LogP contribution >= 0.6 is 0 Å². The van der Waals surface area contributed by atoms with Gasteiger partial charge >= 0.3 is 5.97 Å². The maximum absolute atomic E-state index is 12.5. The van der Waals surface area contributed by atoms with Crippen LogP contribution in [-0.4, -0.2) is 48.1 Å². The van der Waals surface area contributed by atoms with Crippen LogP contribution in [0.25, 0.3) is 0 Å². The predicted octanol–water partition coefficient (Wildman–Crippen LogP) is 0.699. The van der Waals surface area contributed by atoms with Crippen LogP contribution in [0, 0.1) is 10.8 Å². The van der Waals surface area contributed by atoms with Gasteiger partial charge in [-0.1, -0.05) is 0 Å². The smallest absolute Gasteiger partial charge is 0.311 e. The van der Waals surface area contributed by atoms with Gasteiger partial charge in [-0.15, -0.1) is 0 Å². The quantitative estimate of drug-likeness (QED) is 0.761. The van der Waals surface area contributed by atoms with E-state index in [4.69, 9.17) is 0 Å². The highest BCUT2D eigenvalue weighted by Gasteiger charge is 2.44. The van der Waals surface area contributed by atoms with Gasteiger partial charge < -0.3 is 15.3 Å². The predicted molar refractivity (Wildman–Crippen MR) is 67.2 cm³/mol. The van der Waals surface area contributed by atoms with E-state index in [-0.39, 0.29) is 11.3 Å². The highest BCUT2D eigenvalue weighted by atomic mass is 16.4. The molecule has 0 radical (unpaired) electrons. The number of carboxylic acids is 1. The Bertz CT molecular complexity index is 363. The van der Waals surface area contributed by atoms with Crippen molar-refractivity contribution in [3.8, 4) is 0 Å². The van der Waals surface area contributed by atoms with Crippen molar-refractivity contribution in [1.29, 1.82) is 0 Å². The third-order valence-electron chi connectivity index (χ3n) is 4.38. The Hall–Kier alpha value is -1.10. The van der Waals surface area contributed by atoms with Crippen LogP contribution in [0.1, 0.15) is 33.1 Å². The SMILES string of the molecule is CC1(C(=O)O)CCCN(C(=O)C2(C)CCNC2)C1. The topological polar surface area (TPSA) is 69.6 Å². The normalized spacial score (nSPS) is 36.7. The van der Waals surface area contributed by atoms with Crippen molar-refractivity contribution in [2.45, 2.75) is 33.1 Å². The van der Waals surface area contributed by atoms with E-state index in [9.17, 15) is 14.7 Å². The number of carbonyl (C=O) groups is 2. The first-order valence-corrected chi connectivity index (χ1v) is 6.61. The molecule has 5 heteroatoms. The van der Waals surface area contributed by atoms with Gasteiger partial charge in [0.15, 0.2) is 0 Å². The van der Waals surface area contributed by atoms with Crippen molar-refractivity contribution < 1.29 is 14.7 Å². The Morgan fingerprint density at radius 2 is 1.94 bits per heavy atom. The first-order valence-electron chi connectivity index (χ1n) is 6.61. The number of nitrogens with zero attached hydrogens (tertiary/aromatic N) is 1. The van der Waals surface area contributed by atoms with E-state index in [1.807, 2.05) is 6.92 Å². The van der Waals surface area contributed by atoms with Crippen LogP contribution in [0.15, 0.2) is 0 Å². The molecule has 2 unspecified atom stereocenters. The van der Waals surface area contributed by atoms with Crippen LogP contribution in [-0.2, 0) is 9.59 Å². The average Bonchev–Trinajstić information content (AvgIpc) is 2.76. The number of carbonyl (C=O) groups excluding carboxylic acids is 1. The lowest BCUT2D eigenvalue weighted by atomic mass is 9.80. The van der Waals surface area contributed by atoms with Gasteiger partial charge in [-0.05, 0) is 39.7 Å². The Morgan fingerprint density at radius 3 is 2.50 bits per heavy atom. The molecular weight excluding hydrogens is 232 g/mol. The van der Waals surface area contributed by atoms with E-state index in [2.05, 4.69) is 5.32 Å². The molecular formula is C13H22N2O3. The minimum absolute atomic E-state index is 0.111. The van der Waals surface area contributed by atoms with Gasteiger partial charge in [0.05, 0.1) is 10.8 Å². The van der Waals surface area contributed by atoms with E-state index in [1.165, 1.54) is 0 Å². The molecule has 2 aliphatic rings. The zero-order valence-electron chi connectivity index (χ0n) is 11.2. The molecule has 0 aromatic carbocycles. The van der Waals surface area contributed by atoms with Crippen molar-refractivity contribution in [2.75, 3.05) is 26.2 Å². The monoisotopic (exact) mass is 254 g/mol. The molecule has 0 aromatic rings. The molecule has 18 heavy (non-hydrogen) atoms. The average molecular weight is 254 g/mol. The van der Waals surface area contributed by atoms with E-state index < -0.39 is 11.4 Å². The maximum atomic E-state index is 12.5. The summed E-state index contributed by atoms with van der Waals surface area (Å²) in [5.41, 5.74) is -1.13. The number of piperidine rings is 1. The molecule has 2 aliphatic heterocycles. The summed E-state index contributed by atoms with van der Waals surface area (Å²) in [6, 6.07) is 0. The molecule has 5 nitrogen and oxygen atoms in total. The van der Waals surface area contributed by atoms with Crippen molar-refractivity contribution >= 4 is 11.9 Å². The van der Waals surface area contributed by atoms with Crippen LogP contribution in [0.5, 0.6) is 0 Å². The molecule has 2 heterocycles. The van der Waals surface area contributed by atoms with Gasteiger partial charge in [0, 0.05) is 19.6 Å². The Kier molecular flexibility index (Phi) is 3.36. The second-order valence-electron chi connectivity index (χ2n) is 6.18.